The molecule has 0 aliphatic heterocycles. The fourth-order valence-electron chi connectivity index (χ4n) is 2.54. The van der Waals surface area contributed by atoms with Gasteiger partial charge in [-0.25, -0.2) is 9.63 Å². The van der Waals surface area contributed by atoms with Crippen LogP contribution >= 0.6 is 15.9 Å². The summed E-state index contributed by atoms with van der Waals surface area (Å²) in [6, 6.07) is 19.4. The molecule has 3 aromatic carbocycles. The molecule has 0 aliphatic carbocycles. The van der Waals surface area contributed by atoms with Gasteiger partial charge in [-0.3, -0.25) is 0 Å². The monoisotopic (exact) mass is 502 g/mol. The molecule has 0 saturated heterocycles. The molecule has 3 rings (SSSR count). The Morgan fingerprint density at radius 1 is 1.06 bits per heavy atom. The van der Waals surface area contributed by atoms with Gasteiger partial charge in [0.05, 0.1) is 23.3 Å². The molecule has 0 radical (unpaired) electrons. The third-order valence-corrected chi connectivity index (χ3v) is 5.74. The molecule has 0 aromatic heterocycles. The average Bonchev–Trinajstić information content (AvgIpc) is 2.77. The van der Waals surface area contributed by atoms with Crippen LogP contribution < -0.4 is 14.3 Å². The average molecular weight is 503 g/mol. The lowest BCUT2D eigenvalue weighted by Crippen LogP contribution is -2.18. The highest BCUT2D eigenvalue weighted by Crippen LogP contribution is 2.23. The molecule has 0 unspecified atom stereocenters. The van der Waals surface area contributed by atoms with Gasteiger partial charge in [-0.2, -0.15) is 13.5 Å². The summed E-state index contributed by atoms with van der Waals surface area (Å²) >= 11 is 3.34. The minimum absolute atomic E-state index is 0.0866. The Balaban J connectivity index is 1.76. The lowest BCUT2D eigenvalue weighted by atomic mass is 10.2. The van der Waals surface area contributed by atoms with Gasteiger partial charge in [0.15, 0.2) is 0 Å². The largest absolute Gasteiger partial charge is 0.494 e. The van der Waals surface area contributed by atoms with E-state index in [1.165, 1.54) is 18.3 Å². The van der Waals surface area contributed by atoms with Crippen molar-refractivity contribution in [3.63, 3.8) is 0 Å². The smallest absolute Gasteiger partial charge is 0.343 e. The zero-order chi connectivity index (χ0) is 22.3. The molecular formula is C22H19BrN2O5S. The maximum absolute atomic E-state index is 12.5. The molecule has 3 aromatic rings. The number of nitrogens with zero attached hydrogens (tertiary/aromatic N) is 1. The first-order chi connectivity index (χ1) is 14.9. The third-order valence-electron chi connectivity index (χ3n) is 4.01. The lowest BCUT2D eigenvalue weighted by Gasteiger charge is -2.09. The van der Waals surface area contributed by atoms with Crippen molar-refractivity contribution in [3.05, 3.63) is 88.4 Å². The molecule has 0 heterocycles. The number of esters is 1. The van der Waals surface area contributed by atoms with E-state index in [9.17, 15) is 13.2 Å². The lowest BCUT2D eigenvalue weighted by molar-refractivity contribution is 0.0734. The van der Waals surface area contributed by atoms with Crippen molar-refractivity contribution in [1.82, 2.24) is 4.83 Å². The number of hydrazone groups is 1. The number of ether oxygens (including phenoxy) is 2. The molecular weight excluding hydrogens is 484 g/mol. The van der Waals surface area contributed by atoms with Crippen molar-refractivity contribution in [2.24, 2.45) is 5.10 Å². The number of carbonyl (C=O) groups is 1. The van der Waals surface area contributed by atoms with E-state index >= 15 is 0 Å². The maximum Gasteiger partial charge on any atom is 0.343 e. The molecule has 0 atom stereocenters. The van der Waals surface area contributed by atoms with E-state index < -0.39 is 16.0 Å². The van der Waals surface area contributed by atoms with Gasteiger partial charge in [0.2, 0.25) is 0 Å². The molecule has 1 N–H and O–H groups in total. The van der Waals surface area contributed by atoms with Crippen LogP contribution in [0.25, 0.3) is 0 Å². The van der Waals surface area contributed by atoms with Gasteiger partial charge < -0.3 is 9.47 Å². The van der Waals surface area contributed by atoms with Crippen molar-refractivity contribution in [3.8, 4) is 11.5 Å². The van der Waals surface area contributed by atoms with Crippen LogP contribution in [0.15, 0.2) is 87.3 Å². The number of halogens is 1. The SMILES string of the molecule is CCOc1ccc(C(=O)Oc2ccc(Br)cc2/C=N\NS(=O)(=O)c2ccccc2)cc1. The van der Waals surface area contributed by atoms with Crippen LogP contribution in [0.4, 0.5) is 0 Å². The normalized spacial score (nSPS) is 11.3. The highest BCUT2D eigenvalue weighted by molar-refractivity contribution is 9.10. The number of benzene rings is 3. The Labute approximate surface area is 188 Å². The van der Waals surface area contributed by atoms with Gasteiger partial charge in [0, 0.05) is 10.0 Å². The first kappa shape index (κ1) is 22.5. The van der Waals surface area contributed by atoms with Crippen LogP contribution in [0, 0.1) is 0 Å². The summed E-state index contributed by atoms with van der Waals surface area (Å²) in [4.78, 5) is 14.7. The van der Waals surface area contributed by atoms with Crippen LogP contribution in [0.2, 0.25) is 0 Å². The zero-order valence-corrected chi connectivity index (χ0v) is 18.9. The molecule has 0 fully saturated rings. The number of hydrogen-bond acceptors (Lipinski definition) is 6. The van der Waals surface area contributed by atoms with Gasteiger partial charge in [-0.1, -0.05) is 34.1 Å². The Hall–Kier alpha value is -3.17. The van der Waals surface area contributed by atoms with Gasteiger partial charge in [0.1, 0.15) is 11.5 Å². The number of sulfonamides is 1. The van der Waals surface area contributed by atoms with Gasteiger partial charge in [0.25, 0.3) is 10.0 Å². The third kappa shape index (κ3) is 6.16. The minimum atomic E-state index is -3.81. The predicted octanol–water partition coefficient (Wildman–Crippen LogP) is 4.38. The van der Waals surface area contributed by atoms with Crippen molar-refractivity contribution in [2.45, 2.75) is 11.8 Å². The van der Waals surface area contributed by atoms with Crippen molar-refractivity contribution >= 4 is 38.1 Å². The second-order valence-corrected chi connectivity index (χ2v) is 8.77. The van der Waals surface area contributed by atoms with Crippen LogP contribution in [0.1, 0.15) is 22.8 Å². The number of nitrogens with one attached hydrogen (secondary N) is 1. The second-order valence-electron chi connectivity index (χ2n) is 6.20. The minimum Gasteiger partial charge on any atom is -0.494 e. The van der Waals surface area contributed by atoms with Crippen LogP contribution in [0.3, 0.4) is 0 Å². The number of hydrogen-bond donors (Lipinski definition) is 1. The van der Waals surface area contributed by atoms with Crippen LogP contribution in [-0.2, 0) is 10.0 Å². The van der Waals surface area contributed by atoms with E-state index in [1.807, 2.05) is 6.92 Å². The summed E-state index contributed by atoms with van der Waals surface area (Å²) < 4.78 is 36.1. The van der Waals surface area contributed by atoms with Crippen LogP contribution in [0.5, 0.6) is 11.5 Å². The molecule has 0 bridgehead atoms. The zero-order valence-electron chi connectivity index (χ0n) is 16.5. The van der Waals surface area contributed by atoms with Crippen molar-refractivity contribution in [1.29, 1.82) is 0 Å². The molecule has 0 aliphatic rings. The topological polar surface area (TPSA) is 94.1 Å². The standard InChI is InChI=1S/C22H19BrN2O5S/c1-2-29-19-11-8-16(9-12-19)22(26)30-21-13-10-18(23)14-17(21)15-24-25-31(27,28)20-6-4-3-5-7-20/h3-15,25H,2H2,1H3/b24-15-. The molecule has 0 spiro atoms. The van der Waals surface area contributed by atoms with E-state index in [4.69, 9.17) is 9.47 Å². The van der Waals surface area contributed by atoms with E-state index in [1.54, 1.807) is 60.7 Å². The maximum atomic E-state index is 12.5. The van der Waals surface area contributed by atoms with Gasteiger partial charge in [-0.05, 0) is 61.5 Å². The number of carbonyl (C=O) groups excluding carboxylic acids is 1. The predicted molar refractivity (Wildman–Crippen MR) is 121 cm³/mol. The molecule has 31 heavy (non-hydrogen) atoms. The molecule has 0 amide bonds. The first-order valence-electron chi connectivity index (χ1n) is 9.23. The molecule has 7 nitrogen and oxygen atoms in total. The van der Waals surface area contributed by atoms with E-state index in [2.05, 4.69) is 25.9 Å². The summed E-state index contributed by atoms with van der Waals surface area (Å²) in [7, 11) is -3.81. The van der Waals surface area contributed by atoms with Crippen LogP contribution in [-0.4, -0.2) is 27.2 Å². The summed E-state index contributed by atoms with van der Waals surface area (Å²) in [6.07, 6.45) is 1.27. The fraction of sp³-hybridized carbons (Fsp3) is 0.0909. The fourth-order valence-corrected chi connectivity index (χ4v) is 3.73. The summed E-state index contributed by atoms with van der Waals surface area (Å²) in [6.45, 7) is 2.40. The highest BCUT2D eigenvalue weighted by atomic mass is 79.9. The van der Waals surface area contributed by atoms with E-state index in [0.717, 1.165) is 0 Å². The van der Waals surface area contributed by atoms with Gasteiger partial charge in [-0.15, -0.1) is 0 Å². The number of rotatable bonds is 8. The Bertz CT molecular complexity index is 1180. The Morgan fingerprint density at radius 2 is 1.77 bits per heavy atom. The van der Waals surface area contributed by atoms with Crippen molar-refractivity contribution in [2.75, 3.05) is 6.61 Å². The summed E-state index contributed by atoms with van der Waals surface area (Å²) in [5.74, 6) is 0.316. The van der Waals surface area contributed by atoms with Gasteiger partial charge >= 0.3 is 5.97 Å². The summed E-state index contributed by atoms with van der Waals surface area (Å²) in [5.41, 5.74) is 0.753. The van der Waals surface area contributed by atoms with Crippen molar-refractivity contribution < 1.29 is 22.7 Å². The Morgan fingerprint density at radius 3 is 2.45 bits per heavy atom. The van der Waals surface area contributed by atoms with E-state index in [-0.39, 0.29) is 10.6 Å². The molecule has 0 saturated carbocycles. The molecule has 160 valence electrons. The first-order valence-corrected chi connectivity index (χ1v) is 11.5. The highest BCUT2D eigenvalue weighted by Gasteiger charge is 2.14. The second kappa shape index (κ2) is 10.2. The Kier molecular flexibility index (Phi) is 7.43. The molecule has 9 heteroatoms. The summed E-state index contributed by atoms with van der Waals surface area (Å²) in [5, 5.41) is 3.81. The quantitative estimate of drug-likeness (QED) is 0.213. The van der Waals surface area contributed by atoms with E-state index in [0.29, 0.717) is 28.0 Å².